The molecule has 4 nitrogen and oxygen atoms in total. The molecule has 0 saturated heterocycles. The van der Waals surface area contributed by atoms with Crippen LogP contribution in [0.25, 0.3) is 0 Å². The van der Waals surface area contributed by atoms with E-state index < -0.39 is 11.7 Å². The van der Waals surface area contributed by atoms with Gasteiger partial charge in [-0.05, 0) is 23.8 Å². The van der Waals surface area contributed by atoms with Gasteiger partial charge in [0.05, 0.1) is 18.2 Å². The molecule has 1 aromatic heterocycles. The van der Waals surface area contributed by atoms with Crippen LogP contribution in [0.2, 0.25) is 0 Å². The van der Waals surface area contributed by atoms with Gasteiger partial charge in [0.25, 0.3) is 5.91 Å². The molecule has 0 saturated carbocycles. The number of ether oxygens (including phenoxy) is 1. The number of aromatic nitrogens is 1. The van der Waals surface area contributed by atoms with Gasteiger partial charge in [-0.2, -0.15) is 13.2 Å². The predicted octanol–water partition coefficient (Wildman–Crippen LogP) is 3.04. The summed E-state index contributed by atoms with van der Waals surface area (Å²) >= 11 is 0. The average Bonchev–Trinajstić information content (AvgIpc) is 2.52. The molecule has 0 unspecified atom stereocenters. The number of nitrogens with zero attached hydrogens (tertiary/aromatic N) is 1. The van der Waals surface area contributed by atoms with Crippen LogP contribution in [0, 0.1) is 0 Å². The van der Waals surface area contributed by atoms with Crippen LogP contribution >= 0.6 is 0 Å². The fourth-order valence-corrected chi connectivity index (χ4v) is 1.73. The van der Waals surface area contributed by atoms with Gasteiger partial charge in [-0.15, -0.1) is 0 Å². The lowest BCUT2D eigenvalue weighted by atomic mass is 10.1. The van der Waals surface area contributed by atoms with Crippen molar-refractivity contribution in [1.29, 1.82) is 0 Å². The highest BCUT2D eigenvalue weighted by Gasteiger charge is 2.29. The summed E-state index contributed by atoms with van der Waals surface area (Å²) in [5, 5.41) is 2.61. The highest BCUT2D eigenvalue weighted by Crippen LogP contribution is 2.29. The number of carbonyl (C=O) groups is 1. The van der Waals surface area contributed by atoms with E-state index in [1.807, 2.05) is 0 Å². The number of amides is 1. The standard InChI is InChI=1S/C15H13F3N2O2/c1-22-13-7-4-11(9-19-13)14(21)20-8-10-2-5-12(6-3-10)15(16,17)18/h2-7,9H,8H2,1H3,(H,20,21). The van der Waals surface area contributed by atoms with Crippen LogP contribution < -0.4 is 10.1 Å². The molecule has 1 amide bonds. The number of hydrogen-bond donors (Lipinski definition) is 1. The topological polar surface area (TPSA) is 51.2 Å². The molecular weight excluding hydrogens is 297 g/mol. The van der Waals surface area contributed by atoms with Gasteiger partial charge >= 0.3 is 6.18 Å². The third-order valence-electron chi connectivity index (χ3n) is 2.94. The van der Waals surface area contributed by atoms with E-state index in [0.29, 0.717) is 17.0 Å². The van der Waals surface area contributed by atoms with Crippen LogP contribution in [-0.2, 0) is 12.7 Å². The molecule has 22 heavy (non-hydrogen) atoms. The maximum absolute atomic E-state index is 12.4. The maximum Gasteiger partial charge on any atom is 0.416 e. The molecule has 7 heteroatoms. The van der Waals surface area contributed by atoms with E-state index in [1.165, 1.54) is 25.4 Å². The summed E-state index contributed by atoms with van der Waals surface area (Å²) in [6.07, 6.45) is -3.00. The number of halogens is 3. The Morgan fingerprint density at radius 3 is 2.36 bits per heavy atom. The van der Waals surface area contributed by atoms with Crippen molar-refractivity contribution < 1.29 is 22.7 Å². The summed E-state index contributed by atoms with van der Waals surface area (Å²) in [5.74, 6) is 0.0225. The number of alkyl halides is 3. The van der Waals surface area contributed by atoms with Crippen molar-refractivity contribution in [2.24, 2.45) is 0 Å². The molecule has 0 spiro atoms. The first kappa shape index (κ1) is 15.8. The van der Waals surface area contributed by atoms with E-state index in [1.54, 1.807) is 12.1 Å². The van der Waals surface area contributed by atoms with E-state index in [2.05, 4.69) is 10.3 Å². The summed E-state index contributed by atoms with van der Waals surface area (Å²) in [6, 6.07) is 7.72. The second-order valence-electron chi connectivity index (χ2n) is 4.47. The minimum Gasteiger partial charge on any atom is -0.481 e. The number of benzene rings is 1. The van der Waals surface area contributed by atoms with Gasteiger partial charge in [-0.3, -0.25) is 4.79 Å². The van der Waals surface area contributed by atoms with Crippen LogP contribution in [0.3, 0.4) is 0 Å². The molecule has 1 N–H and O–H groups in total. The van der Waals surface area contributed by atoms with Crippen molar-refractivity contribution >= 4 is 5.91 Å². The molecule has 0 fully saturated rings. The molecule has 2 rings (SSSR count). The van der Waals surface area contributed by atoms with E-state index in [0.717, 1.165) is 12.1 Å². The number of rotatable bonds is 4. The van der Waals surface area contributed by atoms with Crippen LogP contribution in [0.15, 0.2) is 42.6 Å². The highest BCUT2D eigenvalue weighted by molar-refractivity contribution is 5.93. The summed E-state index contributed by atoms with van der Waals surface area (Å²) < 4.78 is 42.2. The zero-order valence-corrected chi connectivity index (χ0v) is 11.6. The molecule has 0 atom stereocenters. The number of pyridine rings is 1. The van der Waals surface area contributed by atoms with Crippen molar-refractivity contribution in [3.05, 3.63) is 59.3 Å². The monoisotopic (exact) mass is 310 g/mol. The third-order valence-corrected chi connectivity index (χ3v) is 2.94. The summed E-state index contributed by atoms with van der Waals surface area (Å²) in [5.41, 5.74) is 0.192. The number of nitrogens with one attached hydrogen (secondary N) is 1. The molecule has 0 radical (unpaired) electrons. The molecule has 2 aromatic rings. The molecule has 0 aliphatic rings. The van der Waals surface area contributed by atoms with E-state index >= 15 is 0 Å². The van der Waals surface area contributed by atoms with Gasteiger partial charge < -0.3 is 10.1 Å². The molecule has 0 aliphatic carbocycles. The average molecular weight is 310 g/mol. The Morgan fingerprint density at radius 1 is 1.18 bits per heavy atom. The number of carbonyl (C=O) groups excluding carboxylic acids is 1. The first-order chi connectivity index (χ1) is 10.4. The second-order valence-corrected chi connectivity index (χ2v) is 4.47. The lowest BCUT2D eigenvalue weighted by molar-refractivity contribution is -0.137. The molecular formula is C15H13F3N2O2. The number of methoxy groups -OCH3 is 1. The first-order valence-electron chi connectivity index (χ1n) is 6.34. The number of hydrogen-bond acceptors (Lipinski definition) is 3. The van der Waals surface area contributed by atoms with Crippen LogP contribution in [0.1, 0.15) is 21.5 Å². The van der Waals surface area contributed by atoms with Crippen molar-refractivity contribution in [3.63, 3.8) is 0 Å². The zero-order valence-electron chi connectivity index (χ0n) is 11.6. The minimum absolute atomic E-state index is 0.128. The summed E-state index contributed by atoms with van der Waals surface area (Å²) in [6.45, 7) is 0.128. The van der Waals surface area contributed by atoms with E-state index in [4.69, 9.17) is 4.74 Å². The van der Waals surface area contributed by atoms with E-state index in [9.17, 15) is 18.0 Å². The Labute approximate surface area is 124 Å². The normalized spacial score (nSPS) is 11.1. The Bertz CT molecular complexity index is 637. The minimum atomic E-state index is -4.36. The zero-order chi connectivity index (χ0) is 16.2. The molecule has 0 bridgehead atoms. The summed E-state index contributed by atoms with van der Waals surface area (Å²) in [4.78, 5) is 15.8. The first-order valence-corrected chi connectivity index (χ1v) is 6.34. The van der Waals surface area contributed by atoms with Crippen molar-refractivity contribution in [1.82, 2.24) is 10.3 Å². The van der Waals surface area contributed by atoms with Gasteiger partial charge in [0.2, 0.25) is 5.88 Å². The Kier molecular flexibility index (Phi) is 4.65. The SMILES string of the molecule is COc1ccc(C(=O)NCc2ccc(C(F)(F)F)cc2)cn1. The highest BCUT2D eigenvalue weighted by atomic mass is 19.4. The van der Waals surface area contributed by atoms with E-state index in [-0.39, 0.29) is 12.5 Å². The van der Waals surface area contributed by atoms with Crippen molar-refractivity contribution in [2.45, 2.75) is 12.7 Å². The second kappa shape index (κ2) is 6.46. The van der Waals surface area contributed by atoms with Gasteiger partial charge in [0.1, 0.15) is 0 Å². The third kappa shape index (κ3) is 3.97. The molecule has 116 valence electrons. The van der Waals surface area contributed by atoms with Crippen LogP contribution in [-0.4, -0.2) is 18.0 Å². The summed E-state index contributed by atoms with van der Waals surface area (Å²) in [7, 11) is 1.46. The molecule has 0 aliphatic heterocycles. The van der Waals surface area contributed by atoms with Gasteiger partial charge in [0, 0.05) is 18.8 Å². The largest absolute Gasteiger partial charge is 0.481 e. The van der Waals surface area contributed by atoms with Gasteiger partial charge in [-0.25, -0.2) is 4.98 Å². The fraction of sp³-hybridized carbons (Fsp3) is 0.200. The Morgan fingerprint density at radius 2 is 1.86 bits per heavy atom. The van der Waals surface area contributed by atoms with Crippen LogP contribution in [0.5, 0.6) is 5.88 Å². The molecule has 1 aromatic carbocycles. The van der Waals surface area contributed by atoms with Crippen LogP contribution in [0.4, 0.5) is 13.2 Å². The fourth-order valence-electron chi connectivity index (χ4n) is 1.73. The smallest absolute Gasteiger partial charge is 0.416 e. The Balaban J connectivity index is 1.95. The predicted molar refractivity (Wildman–Crippen MR) is 73.4 cm³/mol. The lowest BCUT2D eigenvalue weighted by Gasteiger charge is -2.09. The quantitative estimate of drug-likeness (QED) is 0.944. The van der Waals surface area contributed by atoms with Crippen molar-refractivity contribution in [2.75, 3.05) is 7.11 Å². The maximum atomic E-state index is 12.4. The Hall–Kier alpha value is -2.57. The molecule has 1 heterocycles. The lowest BCUT2D eigenvalue weighted by Crippen LogP contribution is -2.23. The van der Waals surface area contributed by atoms with Gasteiger partial charge in [0.15, 0.2) is 0 Å². The van der Waals surface area contributed by atoms with Gasteiger partial charge in [-0.1, -0.05) is 12.1 Å². The van der Waals surface area contributed by atoms with Crippen molar-refractivity contribution in [3.8, 4) is 5.88 Å².